The molecule has 1 aromatic carbocycles. The van der Waals surface area contributed by atoms with Crippen molar-refractivity contribution in [1.82, 2.24) is 9.97 Å². The molecule has 3 rings (SSSR count). The second kappa shape index (κ2) is 4.14. The molecule has 2 aromatic rings. The lowest BCUT2D eigenvalue weighted by Gasteiger charge is -2.14. The van der Waals surface area contributed by atoms with Crippen LogP contribution in [-0.2, 0) is 19.7 Å². The fraction of sp³-hybridized carbons (Fsp3) is 0.231. The third kappa shape index (κ3) is 1.87. The van der Waals surface area contributed by atoms with Gasteiger partial charge in [-0.15, -0.1) is 0 Å². The molecule has 0 atom stereocenters. The zero-order valence-corrected chi connectivity index (χ0v) is 9.37. The van der Waals surface area contributed by atoms with Gasteiger partial charge in [-0.3, -0.25) is 0 Å². The van der Waals surface area contributed by atoms with E-state index < -0.39 is 0 Å². The van der Waals surface area contributed by atoms with Crippen molar-refractivity contribution in [2.75, 3.05) is 4.90 Å². The quantitative estimate of drug-likeness (QED) is 0.844. The van der Waals surface area contributed by atoms with Crippen LogP contribution < -0.4 is 4.90 Å². The first-order chi connectivity index (χ1) is 8.36. The van der Waals surface area contributed by atoms with Gasteiger partial charge in [-0.25, -0.2) is 9.97 Å². The fourth-order valence-corrected chi connectivity index (χ4v) is 2.07. The fourth-order valence-electron chi connectivity index (χ4n) is 2.07. The number of nitrogens with zero attached hydrogens (tertiary/aromatic N) is 3. The van der Waals surface area contributed by atoms with E-state index >= 15 is 0 Å². The number of hydrogen-bond acceptors (Lipinski definition) is 4. The van der Waals surface area contributed by atoms with E-state index in [4.69, 9.17) is 5.11 Å². The maximum atomic E-state index is 8.94. The molecule has 0 unspecified atom stereocenters. The SMILES string of the molecule is OCc1cnc(N2Cc3ccccc3C2)nc1. The normalized spacial score (nSPS) is 13.8. The Morgan fingerprint density at radius 1 is 1.06 bits per heavy atom. The van der Waals surface area contributed by atoms with Gasteiger partial charge in [0.2, 0.25) is 5.95 Å². The second-order valence-electron chi connectivity index (χ2n) is 4.17. The van der Waals surface area contributed by atoms with Crippen molar-refractivity contribution in [3.63, 3.8) is 0 Å². The van der Waals surface area contributed by atoms with E-state index in [0.717, 1.165) is 24.6 Å². The highest BCUT2D eigenvalue weighted by molar-refractivity contribution is 5.43. The Morgan fingerprint density at radius 3 is 2.18 bits per heavy atom. The van der Waals surface area contributed by atoms with Crippen molar-refractivity contribution >= 4 is 5.95 Å². The first-order valence-corrected chi connectivity index (χ1v) is 5.60. The molecule has 0 bridgehead atoms. The van der Waals surface area contributed by atoms with Crippen molar-refractivity contribution in [2.45, 2.75) is 19.7 Å². The zero-order valence-electron chi connectivity index (χ0n) is 9.37. The third-order valence-corrected chi connectivity index (χ3v) is 3.00. The van der Waals surface area contributed by atoms with Crippen LogP contribution in [0.3, 0.4) is 0 Å². The molecule has 86 valence electrons. The summed E-state index contributed by atoms with van der Waals surface area (Å²) in [5, 5.41) is 8.94. The van der Waals surface area contributed by atoms with Crippen LogP contribution in [0.5, 0.6) is 0 Å². The maximum absolute atomic E-state index is 8.94. The van der Waals surface area contributed by atoms with Crippen molar-refractivity contribution in [1.29, 1.82) is 0 Å². The molecule has 17 heavy (non-hydrogen) atoms. The highest BCUT2D eigenvalue weighted by Crippen LogP contribution is 2.25. The van der Waals surface area contributed by atoms with Crippen LogP contribution in [0, 0.1) is 0 Å². The van der Waals surface area contributed by atoms with Gasteiger partial charge in [-0.1, -0.05) is 24.3 Å². The molecule has 1 aliphatic heterocycles. The van der Waals surface area contributed by atoms with Crippen LogP contribution in [-0.4, -0.2) is 15.1 Å². The highest BCUT2D eigenvalue weighted by Gasteiger charge is 2.20. The minimum atomic E-state index is -0.0134. The number of hydrogen-bond donors (Lipinski definition) is 1. The van der Waals surface area contributed by atoms with Crippen LogP contribution in [0.15, 0.2) is 36.7 Å². The van der Waals surface area contributed by atoms with Gasteiger partial charge in [0.25, 0.3) is 0 Å². The summed E-state index contributed by atoms with van der Waals surface area (Å²) in [6.45, 7) is 1.70. The van der Waals surface area contributed by atoms with Gasteiger partial charge >= 0.3 is 0 Å². The van der Waals surface area contributed by atoms with E-state index in [1.54, 1.807) is 12.4 Å². The molecule has 1 aromatic heterocycles. The molecule has 0 amide bonds. The molecule has 2 heterocycles. The Balaban J connectivity index is 1.83. The highest BCUT2D eigenvalue weighted by atomic mass is 16.3. The zero-order chi connectivity index (χ0) is 11.7. The van der Waals surface area contributed by atoms with Gasteiger partial charge in [0.1, 0.15) is 0 Å². The summed E-state index contributed by atoms with van der Waals surface area (Å²) in [5.74, 6) is 0.721. The Hall–Kier alpha value is -1.94. The van der Waals surface area contributed by atoms with Gasteiger partial charge < -0.3 is 10.0 Å². The van der Waals surface area contributed by atoms with E-state index in [9.17, 15) is 0 Å². The summed E-state index contributed by atoms with van der Waals surface area (Å²) in [6, 6.07) is 8.38. The topological polar surface area (TPSA) is 49.3 Å². The Bertz CT molecular complexity index is 499. The van der Waals surface area contributed by atoms with Crippen molar-refractivity contribution < 1.29 is 5.11 Å². The molecule has 4 heteroatoms. The molecular weight excluding hydrogens is 214 g/mol. The minimum absolute atomic E-state index is 0.0134. The van der Waals surface area contributed by atoms with Crippen molar-refractivity contribution in [3.8, 4) is 0 Å². The van der Waals surface area contributed by atoms with Gasteiger partial charge in [0.05, 0.1) is 6.61 Å². The van der Waals surface area contributed by atoms with E-state index in [-0.39, 0.29) is 6.61 Å². The number of anilines is 1. The van der Waals surface area contributed by atoms with Crippen LogP contribution in [0.4, 0.5) is 5.95 Å². The largest absolute Gasteiger partial charge is 0.392 e. The number of aromatic nitrogens is 2. The lowest BCUT2D eigenvalue weighted by molar-refractivity contribution is 0.281. The van der Waals surface area contributed by atoms with Gasteiger partial charge in [-0.05, 0) is 11.1 Å². The number of benzene rings is 1. The van der Waals surface area contributed by atoms with E-state index in [1.807, 2.05) is 0 Å². The Labute approximate surface area is 99.6 Å². The van der Waals surface area contributed by atoms with Crippen LogP contribution >= 0.6 is 0 Å². The monoisotopic (exact) mass is 227 g/mol. The molecule has 0 saturated heterocycles. The molecule has 4 nitrogen and oxygen atoms in total. The minimum Gasteiger partial charge on any atom is -0.392 e. The summed E-state index contributed by atoms with van der Waals surface area (Å²) in [7, 11) is 0. The molecule has 0 saturated carbocycles. The number of aliphatic hydroxyl groups is 1. The molecule has 0 aliphatic carbocycles. The lowest BCUT2D eigenvalue weighted by Crippen LogP contribution is -2.17. The number of rotatable bonds is 2. The summed E-state index contributed by atoms with van der Waals surface area (Å²) in [4.78, 5) is 10.7. The Kier molecular flexibility index (Phi) is 2.49. The van der Waals surface area contributed by atoms with Gasteiger partial charge in [0, 0.05) is 31.0 Å². The molecule has 1 aliphatic rings. The first kappa shape index (κ1) is 10.2. The number of fused-ring (bicyclic) bond motifs is 1. The van der Waals surface area contributed by atoms with Crippen molar-refractivity contribution in [2.24, 2.45) is 0 Å². The summed E-state index contributed by atoms with van der Waals surface area (Å²) in [5.41, 5.74) is 3.41. The summed E-state index contributed by atoms with van der Waals surface area (Å²) in [6.07, 6.45) is 3.34. The van der Waals surface area contributed by atoms with E-state index in [2.05, 4.69) is 39.1 Å². The molecule has 0 radical (unpaired) electrons. The predicted octanol–water partition coefficient (Wildman–Crippen LogP) is 1.49. The Morgan fingerprint density at radius 2 is 1.65 bits per heavy atom. The van der Waals surface area contributed by atoms with E-state index in [0.29, 0.717) is 0 Å². The van der Waals surface area contributed by atoms with Gasteiger partial charge in [0.15, 0.2) is 0 Å². The maximum Gasteiger partial charge on any atom is 0.225 e. The smallest absolute Gasteiger partial charge is 0.225 e. The standard InChI is InChI=1S/C13H13N3O/c17-9-10-5-14-13(15-6-10)16-7-11-3-1-2-4-12(11)8-16/h1-6,17H,7-9H2. The average Bonchev–Trinajstić information content (AvgIpc) is 2.82. The lowest BCUT2D eigenvalue weighted by atomic mass is 10.1. The van der Waals surface area contributed by atoms with Crippen LogP contribution in [0.25, 0.3) is 0 Å². The predicted molar refractivity (Wildman–Crippen MR) is 64.3 cm³/mol. The third-order valence-electron chi connectivity index (χ3n) is 3.00. The molecule has 1 N–H and O–H groups in total. The molecule has 0 spiro atoms. The summed E-state index contributed by atoms with van der Waals surface area (Å²) >= 11 is 0. The summed E-state index contributed by atoms with van der Waals surface area (Å²) < 4.78 is 0. The van der Waals surface area contributed by atoms with Crippen LogP contribution in [0.1, 0.15) is 16.7 Å². The molecule has 0 fully saturated rings. The van der Waals surface area contributed by atoms with Crippen LogP contribution in [0.2, 0.25) is 0 Å². The average molecular weight is 227 g/mol. The van der Waals surface area contributed by atoms with Gasteiger partial charge in [-0.2, -0.15) is 0 Å². The van der Waals surface area contributed by atoms with E-state index in [1.165, 1.54) is 11.1 Å². The second-order valence-corrected chi connectivity index (χ2v) is 4.17. The number of aliphatic hydroxyl groups excluding tert-OH is 1. The molecular formula is C13H13N3O. The van der Waals surface area contributed by atoms with Crippen molar-refractivity contribution in [3.05, 3.63) is 53.3 Å². The first-order valence-electron chi connectivity index (χ1n) is 5.60.